The van der Waals surface area contributed by atoms with Gasteiger partial charge in [-0.1, -0.05) is 30.3 Å². The second-order valence-corrected chi connectivity index (χ2v) is 7.92. The number of alkyl halides is 3. The highest BCUT2D eigenvalue weighted by atomic mass is 19.4. The van der Waals surface area contributed by atoms with E-state index in [0.29, 0.717) is 35.1 Å². The third kappa shape index (κ3) is 6.38. The molecule has 0 fully saturated rings. The topological polar surface area (TPSA) is 54.0 Å². The molecule has 2 aromatic carbocycles. The molecule has 1 heterocycles. The third-order valence-corrected chi connectivity index (χ3v) is 5.48. The number of halogens is 5. The Morgan fingerprint density at radius 2 is 1.79 bits per heavy atom. The number of hydrogen-bond acceptors (Lipinski definition) is 3. The van der Waals surface area contributed by atoms with E-state index < -0.39 is 35.7 Å². The lowest BCUT2D eigenvalue weighted by Crippen LogP contribution is -2.38. The molecule has 34 heavy (non-hydrogen) atoms. The molecule has 2 atom stereocenters. The van der Waals surface area contributed by atoms with Gasteiger partial charge in [-0.05, 0) is 66.3 Å². The first kappa shape index (κ1) is 25.3. The van der Waals surface area contributed by atoms with E-state index in [1.165, 1.54) is 43.6 Å². The van der Waals surface area contributed by atoms with Gasteiger partial charge in [0.05, 0.1) is 0 Å². The summed E-state index contributed by atoms with van der Waals surface area (Å²) < 4.78 is 66.1. The largest absolute Gasteiger partial charge is 0.433 e. The molecule has 0 spiro atoms. The average Bonchev–Trinajstić information content (AvgIpc) is 2.80. The van der Waals surface area contributed by atoms with Crippen molar-refractivity contribution in [2.24, 2.45) is 0 Å². The van der Waals surface area contributed by atoms with Crippen LogP contribution in [0.1, 0.15) is 46.5 Å². The fraction of sp³-hybridized carbons (Fsp3) is 0.280. The molecule has 9 heteroatoms. The summed E-state index contributed by atoms with van der Waals surface area (Å²) in [5.41, 5.74) is 1.08. The van der Waals surface area contributed by atoms with Gasteiger partial charge >= 0.3 is 6.18 Å². The van der Waals surface area contributed by atoms with Crippen LogP contribution >= 0.6 is 0 Å². The van der Waals surface area contributed by atoms with Gasteiger partial charge in [-0.3, -0.25) is 15.1 Å². The number of likely N-dealkylation sites (N-methyl/N-ethyl adjacent to an activating group) is 1. The first-order valence-corrected chi connectivity index (χ1v) is 10.6. The van der Waals surface area contributed by atoms with E-state index in [1.54, 1.807) is 25.1 Å². The summed E-state index contributed by atoms with van der Waals surface area (Å²) in [6.45, 7) is 1.61. The van der Waals surface area contributed by atoms with Crippen LogP contribution in [0.5, 0.6) is 0 Å². The van der Waals surface area contributed by atoms with E-state index in [2.05, 4.69) is 15.6 Å². The molecule has 0 saturated carbocycles. The Morgan fingerprint density at radius 1 is 1.03 bits per heavy atom. The summed E-state index contributed by atoms with van der Waals surface area (Å²) >= 11 is 0. The first-order valence-electron chi connectivity index (χ1n) is 10.6. The van der Waals surface area contributed by atoms with Crippen LogP contribution in [0.4, 0.5) is 22.0 Å². The molecule has 0 aliphatic heterocycles. The van der Waals surface area contributed by atoms with Crippen molar-refractivity contribution in [3.63, 3.8) is 0 Å². The molecule has 0 saturated heterocycles. The number of nitrogens with zero attached hydrogens (tertiary/aromatic N) is 1. The van der Waals surface area contributed by atoms with Gasteiger partial charge in [-0.2, -0.15) is 13.2 Å². The molecule has 4 nitrogen and oxygen atoms in total. The van der Waals surface area contributed by atoms with Gasteiger partial charge in [0.25, 0.3) is 0 Å². The van der Waals surface area contributed by atoms with Crippen molar-refractivity contribution in [2.45, 2.75) is 38.0 Å². The van der Waals surface area contributed by atoms with Crippen LogP contribution < -0.4 is 10.6 Å². The monoisotopic (exact) mass is 477 g/mol. The molecule has 2 N–H and O–H groups in total. The van der Waals surface area contributed by atoms with Gasteiger partial charge in [0.2, 0.25) is 5.91 Å². The quantitative estimate of drug-likeness (QED) is 0.425. The number of pyridine rings is 1. The minimum Gasteiger partial charge on any atom is -0.358 e. The fourth-order valence-electron chi connectivity index (χ4n) is 3.64. The van der Waals surface area contributed by atoms with Gasteiger partial charge < -0.3 is 5.32 Å². The van der Waals surface area contributed by atoms with E-state index in [0.717, 1.165) is 6.07 Å². The normalized spacial score (nSPS) is 13.4. The Hall–Kier alpha value is -3.33. The molecule has 180 valence electrons. The molecule has 3 rings (SSSR count). The standard InChI is InChI=1S/C25H24F5N3O/c1-15-12-17(8-9-20(15)27)21(10-6-16-7-11-22(32-14-16)25(28,29)30)33-23(24(34)31-2)18-4-3-5-19(26)13-18/h3-5,7-9,11-14,21,23,33H,6,10H2,1-2H3,(H,31,34)/t21-,23+/m0/s1. The van der Waals surface area contributed by atoms with Crippen LogP contribution in [0.2, 0.25) is 0 Å². The summed E-state index contributed by atoms with van der Waals surface area (Å²) in [6, 6.07) is 11.0. The van der Waals surface area contributed by atoms with Crippen LogP contribution in [0.3, 0.4) is 0 Å². The number of carbonyl (C=O) groups is 1. The number of benzene rings is 2. The van der Waals surface area contributed by atoms with Gasteiger partial charge in [0.1, 0.15) is 23.4 Å². The molecule has 0 radical (unpaired) electrons. The van der Waals surface area contributed by atoms with E-state index in [9.17, 15) is 26.7 Å². The first-order chi connectivity index (χ1) is 16.1. The molecule has 0 aliphatic rings. The van der Waals surface area contributed by atoms with Crippen molar-refractivity contribution in [1.82, 2.24) is 15.6 Å². The van der Waals surface area contributed by atoms with Crippen molar-refractivity contribution < 1.29 is 26.7 Å². The maximum absolute atomic E-state index is 13.9. The van der Waals surface area contributed by atoms with Crippen molar-refractivity contribution in [1.29, 1.82) is 0 Å². The Labute approximate surface area is 194 Å². The lowest BCUT2D eigenvalue weighted by atomic mass is 9.95. The maximum atomic E-state index is 13.9. The Balaban J connectivity index is 1.89. The molecular weight excluding hydrogens is 453 g/mol. The average molecular weight is 477 g/mol. The molecule has 1 aromatic heterocycles. The van der Waals surface area contributed by atoms with Crippen molar-refractivity contribution >= 4 is 5.91 Å². The number of aromatic nitrogens is 1. The number of rotatable bonds is 8. The van der Waals surface area contributed by atoms with Gasteiger partial charge in [-0.15, -0.1) is 0 Å². The van der Waals surface area contributed by atoms with Gasteiger partial charge in [0, 0.05) is 19.3 Å². The smallest absolute Gasteiger partial charge is 0.358 e. The van der Waals surface area contributed by atoms with Crippen LogP contribution in [-0.2, 0) is 17.4 Å². The zero-order chi connectivity index (χ0) is 24.9. The molecule has 1 amide bonds. The van der Waals surface area contributed by atoms with Crippen molar-refractivity contribution in [3.05, 3.63) is 100 Å². The number of hydrogen-bond donors (Lipinski definition) is 2. The summed E-state index contributed by atoms with van der Waals surface area (Å²) in [4.78, 5) is 16.1. The Bertz CT molecular complexity index is 1130. The second kappa shape index (κ2) is 10.7. The lowest BCUT2D eigenvalue weighted by molar-refractivity contribution is -0.141. The predicted octanol–water partition coefficient (Wildman–Crippen LogP) is 5.44. The second-order valence-electron chi connectivity index (χ2n) is 7.92. The molecular formula is C25H24F5N3O. The highest BCUT2D eigenvalue weighted by Gasteiger charge is 2.32. The molecule has 0 bridgehead atoms. The van der Waals surface area contributed by atoms with E-state index >= 15 is 0 Å². The summed E-state index contributed by atoms with van der Waals surface area (Å²) in [7, 11) is 1.46. The van der Waals surface area contributed by atoms with E-state index in [4.69, 9.17) is 0 Å². The third-order valence-electron chi connectivity index (χ3n) is 5.48. The zero-order valence-electron chi connectivity index (χ0n) is 18.6. The predicted molar refractivity (Wildman–Crippen MR) is 118 cm³/mol. The summed E-state index contributed by atoms with van der Waals surface area (Å²) in [5.74, 6) is -1.29. The number of aryl methyl sites for hydroxylation is 2. The van der Waals surface area contributed by atoms with Crippen LogP contribution in [0, 0.1) is 18.6 Å². The van der Waals surface area contributed by atoms with Crippen LogP contribution in [0.15, 0.2) is 60.8 Å². The van der Waals surface area contributed by atoms with Crippen LogP contribution in [0.25, 0.3) is 0 Å². The van der Waals surface area contributed by atoms with Crippen molar-refractivity contribution in [2.75, 3.05) is 7.05 Å². The van der Waals surface area contributed by atoms with E-state index in [1.807, 2.05) is 0 Å². The van der Waals surface area contributed by atoms with Crippen LogP contribution in [-0.4, -0.2) is 17.9 Å². The molecule has 3 aromatic rings. The molecule has 0 unspecified atom stereocenters. The Kier molecular flexibility index (Phi) is 7.98. The van der Waals surface area contributed by atoms with Gasteiger partial charge in [-0.25, -0.2) is 8.78 Å². The minimum atomic E-state index is -4.53. The zero-order valence-corrected chi connectivity index (χ0v) is 18.6. The molecule has 0 aliphatic carbocycles. The minimum absolute atomic E-state index is 0.336. The van der Waals surface area contributed by atoms with E-state index in [-0.39, 0.29) is 5.82 Å². The lowest BCUT2D eigenvalue weighted by Gasteiger charge is -2.26. The van der Waals surface area contributed by atoms with Crippen molar-refractivity contribution in [3.8, 4) is 0 Å². The highest BCUT2D eigenvalue weighted by molar-refractivity contribution is 5.83. The number of amides is 1. The SMILES string of the molecule is CNC(=O)[C@H](N[C@@H](CCc1ccc(C(F)(F)F)nc1)c1ccc(F)c(C)c1)c1cccc(F)c1. The Morgan fingerprint density at radius 3 is 2.38 bits per heavy atom. The summed E-state index contributed by atoms with van der Waals surface area (Å²) in [6.07, 6.45) is -2.66. The summed E-state index contributed by atoms with van der Waals surface area (Å²) in [5, 5.41) is 5.77. The number of carbonyl (C=O) groups excluding carboxylic acids is 1. The van der Waals surface area contributed by atoms with Gasteiger partial charge in [0.15, 0.2) is 0 Å². The highest BCUT2D eigenvalue weighted by Crippen LogP contribution is 2.29. The maximum Gasteiger partial charge on any atom is 0.433 e. The number of nitrogens with one attached hydrogen (secondary N) is 2. The fourth-order valence-corrected chi connectivity index (χ4v) is 3.64.